The summed E-state index contributed by atoms with van der Waals surface area (Å²) in [5.74, 6) is 1.25. The van der Waals surface area contributed by atoms with Crippen molar-refractivity contribution in [3.8, 4) is 6.07 Å². The highest BCUT2D eigenvalue weighted by Gasteiger charge is 2.32. The molecule has 1 aliphatic carbocycles. The number of hydrogen-bond donors (Lipinski definition) is 0. The van der Waals surface area contributed by atoms with E-state index in [0.717, 1.165) is 38.3 Å². The lowest BCUT2D eigenvalue weighted by Gasteiger charge is -2.38. The molecule has 2 heterocycles. The topological polar surface area (TPSA) is 57.7 Å². The fourth-order valence-electron chi connectivity index (χ4n) is 3.07. The van der Waals surface area contributed by atoms with Crippen molar-refractivity contribution in [3.05, 3.63) is 12.2 Å². The van der Waals surface area contributed by atoms with E-state index in [4.69, 9.17) is 0 Å². The van der Waals surface area contributed by atoms with Gasteiger partial charge in [0.15, 0.2) is 0 Å². The van der Waals surface area contributed by atoms with Gasteiger partial charge in [0, 0.05) is 19.1 Å². The lowest BCUT2D eigenvalue weighted by Crippen LogP contribution is -2.45. The third-order valence-electron chi connectivity index (χ3n) is 4.03. The van der Waals surface area contributed by atoms with Crippen LogP contribution >= 0.6 is 0 Å². The van der Waals surface area contributed by atoms with E-state index in [1.807, 2.05) is 0 Å². The van der Waals surface area contributed by atoms with Crippen LogP contribution in [0.1, 0.15) is 31.5 Å². The minimum Gasteiger partial charge on any atom is -0.315 e. The Labute approximate surface area is 101 Å². The first-order valence-corrected chi connectivity index (χ1v) is 6.39. The van der Waals surface area contributed by atoms with Crippen molar-refractivity contribution in [3.63, 3.8) is 0 Å². The summed E-state index contributed by atoms with van der Waals surface area (Å²) in [5, 5.41) is 17.3. The van der Waals surface area contributed by atoms with Gasteiger partial charge in [-0.05, 0) is 12.8 Å². The zero-order chi connectivity index (χ0) is 11.7. The normalized spacial score (nSPS) is 29.6. The van der Waals surface area contributed by atoms with Crippen molar-refractivity contribution in [2.75, 3.05) is 6.54 Å². The largest absolute Gasteiger partial charge is 0.315 e. The summed E-state index contributed by atoms with van der Waals surface area (Å²) < 4.78 is 2.11. The van der Waals surface area contributed by atoms with E-state index in [1.165, 1.54) is 12.8 Å². The molecular weight excluding hydrogens is 214 g/mol. The highest BCUT2D eigenvalue weighted by atomic mass is 15.3. The molecule has 2 atom stereocenters. The number of hydrogen-bond acceptors (Lipinski definition) is 4. The van der Waals surface area contributed by atoms with E-state index in [-0.39, 0.29) is 5.92 Å². The number of fused-ring (bicyclic) bond motifs is 1. The predicted octanol–water partition coefficient (Wildman–Crippen LogP) is 1.18. The SMILES string of the molecule is N#CC1CCCCC1N1CCn2cnnc2C1. The highest BCUT2D eigenvalue weighted by molar-refractivity contribution is 4.99. The van der Waals surface area contributed by atoms with Gasteiger partial charge in [0.1, 0.15) is 12.2 Å². The number of nitrogens with zero attached hydrogens (tertiary/aromatic N) is 5. The van der Waals surface area contributed by atoms with Gasteiger partial charge in [0.25, 0.3) is 0 Å². The molecule has 17 heavy (non-hydrogen) atoms. The van der Waals surface area contributed by atoms with Crippen LogP contribution in [-0.4, -0.2) is 32.3 Å². The van der Waals surface area contributed by atoms with Crippen molar-refractivity contribution in [2.24, 2.45) is 5.92 Å². The minimum atomic E-state index is 0.207. The van der Waals surface area contributed by atoms with Gasteiger partial charge in [-0.15, -0.1) is 10.2 Å². The molecule has 2 aliphatic rings. The van der Waals surface area contributed by atoms with Crippen molar-refractivity contribution < 1.29 is 0 Å². The summed E-state index contributed by atoms with van der Waals surface area (Å²) in [7, 11) is 0. The molecule has 5 nitrogen and oxygen atoms in total. The summed E-state index contributed by atoms with van der Waals surface area (Å²) in [5.41, 5.74) is 0. The Morgan fingerprint density at radius 1 is 1.29 bits per heavy atom. The van der Waals surface area contributed by atoms with Crippen LogP contribution in [-0.2, 0) is 13.1 Å². The smallest absolute Gasteiger partial charge is 0.147 e. The van der Waals surface area contributed by atoms with Crippen LogP contribution in [0.2, 0.25) is 0 Å². The third kappa shape index (κ3) is 1.93. The Morgan fingerprint density at radius 2 is 2.18 bits per heavy atom. The Kier molecular flexibility index (Phi) is 2.81. The molecule has 0 aromatic carbocycles. The zero-order valence-corrected chi connectivity index (χ0v) is 9.92. The van der Waals surface area contributed by atoms with Gasteiger partial charge in [-0.3, -0.25) is 4.90 Å². The van der Waals surface area contributed by atoms with E-state index < -0.39 is 0 Å². The molecule has 0 radical (unpaired) electrons. The maximum Gasteiger partial charge on any atom is 0.147 e. The molecule has 3 rings (SSSR count). The van der Waals surface area contributed by atoms with E-state index >= 15 is 0 Å². The Hall–Kier alpha value is -1.41. The van der Waals surface area contributed by atoms with Crippen LogP contribution < -0.4 is 0 Å². The molecule has 1 fully saturated rings. The van der Waals surface area contributed by atoms with E-state index in [2.05, 4.69) is 25.7 Å². The maximum absolute atomic E-state index is 9.24. The van der Waals surface area contributed by atoms with Gasteiger partial charge in [0.05, 0.1) is 18.5 Å². The minimum absolute atomic E-state index is 0.207. The molecule has 0 saturated heterocycles. The van der Waals surface area contributed by atoms with Crippen LogP contribution in [0.25, 0.3) is 0 Å². The molecule has 0 amide bonds. The molecule has 1 saturated carbocycles. The van der Waals surface area contributed by atoms with E-state index in [9.17, 15) is 5.26 Å². The Balaban J connectivity index is 1.75. The molecular formula is C12H17N5. The molecule has 90 valence electrons. The lowest BCUT2D eigenvalue weighted by atomic mass is 9.84. The fraction of sp³-hybridized carbons (Fsp3) is 0.750. The highest BCUT2D eigenvalue weighted by Crippen LogP contribution is 2.29. The lowest BCUT2D eigenvalue weighted by molar-refractivity contribution is 0.0965. The van der Waals surface area contributed by atoms with Crippen LogP contribution in [0.3, 0.4) is 0 Å². The van der Waals surface area contributed by atoms with Crippen molar-refractivity contribution in [2.45, 2.75) is 44.8 Å². The molecule has 0 bridgehead atoms. The van der Waals surface area contributed by atoms with Crippen LogP contribution in [0.4, 0.5) is 0 Å². The summed E-state index contributed by atoms with van der Waals surface area (Å²) in [6.45, 7) is 2.83. The molecule has 0 N–H and O–H groups in total. The Bertz CT molecular complexity index is 432. The van der Waals surface area contributed by atoms with E-state index in [0.29, 0.717) is 6.04 Å². The molecule has 2 unspecified atom stereocenters. The summed E-state index contributed by atoms with van der Waals surface area (Å²) >= 11 is 0. The fourth-order valence-corrected chi connectivity index (χ4v) is 3.07. The molecule has 1 aromatic heterocycles. The van der Waals surface area contributed by atoms with Crippen molar-refractivity contribution in [1.29, 1.82) is 5.26 Å². The van der Waals surface area contributed by atoms with Crippen molar-refractivity contribution in [1.82, 2.24) is 19.7 Å². The summed E-state index contributed by atoms with van der Waals surface area (Å²) in [4.78, 5) is 2.43. The first kappa shape index (κ1) is 10.7. The molecule has 1 aromatic rings. The standard InChI is InChI=1S/C12H17N5/c13-7-10-3-1-2-4-11(10)16-5-6-17-9-14-15-12(17)8-16/h9-11H,1-6,8H2. The number of rotatable bonds is 1. The second kappa shape index (κ2) is 4.46. The maximum atomic E-state index is 9.24. The Morgan fingerprint density at radius 3 is 3.06 bits per heavy atom. The first-order chi connectivity index (χ1) is 8.38. The van der Waals surface area contributed by atoms with Gasteiger partial charge in [-0.25, -0.2) is 0 Å². The first-order valence-electron chi connectivity index (χ1n) is 6.39. The van der Waals surface area contributed by atoms with E-state index in [1.54, 1.807) is 6.33 Å². The van der Waals surface area contributed by atoms with Gasteiger partial charge in [-0.2, -0.15) is 5.26 Å². The average Bonchev–Trinajstić information content (AvgIpc) is 2.85. The average molecular weight is 231 g/mol. The summed E-state index contributed by atoms with van der Waals surface area (Å²) in [6, 6.07) is 2.91. The summed E-state index contributed by atoms with van der Waals surface area (Å²) in [6.07, 6.45) is 6.48. The van der Waals surface area contributed by atoms with Gasteiger partial charge in [0.2, 0.25) is 0 Å². The molecule has 1 aliphatic heterocycles. The van der Waals surface area contributed by atoms with Crippen molar-refractivity contribution >= 4 is 0 Å². The van der Waals surface area contributed by atoms with Gasteiger partial charge in [-0.1, -0.05) is 12.8 Å². The molecule has 5 heteroatoms. The van der Waals surface area contributed by atoms with Crippen LogP contribution in [0, 0.1) is 17.2 Å². The second-order valence-electron chi connectivity index (χ2n) is 5.00. The van der Waals surface area contributed by atoms with Gasteiger partial charge < -0.3 is 4.57 Å². The van der Waals surface area contributed by atoms with Gasteiger partial charge >= 0.3 is 0 Å². The predicted molar refractivity (Wildman–Crippen MR) is 61.8 cm³/mol. The second-order valence-corrected chi connectivity index (χ2v) is 5.00. The zero-order valence-electron chi connectivity index (χ0n) is 9.92. The third-order valence-corrected chi connectivity index (χ3v) is 4.03. The van der Waals surface area contributed by atoms with Crippen LogP contribution in [0.5, 0.6) is 0 Å². The number of aromatic nitrogens is 3. The monoisotopic (exact) mass is 231 g/mol. The number of nitriles is 1. The van der Waals surface area contributed by atoms with Crippen LogP contribution in [0.15, 0.2) is 6.33 Å². The molecule has 0 spiro atoms. The quantitative estimate of drug-likeness (QED) is 0.728.